The molecule has 5 fully saturated rings. The Hall–Kier alpha value is 2.88. The first kappa shape index (κ1) is 14.2. The molecule has 0 aromatic heterocycles. The molecule has 5 saturated carbocycles. The van der Waals surface area contributed by atoms with Gasteiger partial charge in [0.15, 0.2) is 0 Å². The molecule has 6 atom stereocenters. The van der Waals surface area contributed by atoms with E-state index in [-0.39, 0.29) is 9.70 Å². The van der Waals surface area contributed by atoms with E-state index >= 15 is 0 Å². The normalized spacial score (nSPS) is 64.1. The fourth-order valence-electron chi connectivity index (χ4n) is 5.74. The molecule has 0 N–H and O–H groups in total. The van der Waals surface area contributed by atoms with Crippen LogP contribution in [0, 0.1) is 34.5 Å². The van der Waals surface area contributed by atoms with Crippen molar-refractivity contribution in [1.82, 2.24) is 0 Å². The molecule has 0 bridgehead atoms. The number of halogens is 6. The number of rotatable bonds is 0. The van der Waals surface area contributed by atoms with Crippen molar-refractivity contribution in [1.29, 1.82) is 0 Å². The van der Waals surface area contributed by atoms with Crippen LogP contribution in [0.1, 0.15) is 25.7 Å². The van der Waals surface area contributed by atoms with Crippen LogP contribution < -0.4 is 0 Å². The molecule has 5 rings (SSSR count). The van der Waals surface area contributed by atoms with Gasteiger partial charge in [-0.05, 0) is 49.4 Å². The molecule has 0 nitrogen and oxygen atoms in total. The largest absolute Gasteiger partial charge is 0.0929 e. The fourth-order valence-corrected chi connectivity index (χ4v) is 11.7. The summed E-state index contributed by atoms with van der Waals surface area (Å²) < 4.78 is 0.697. The van der Waals surface area contributed by atoms with Crippen LogP contribution in [0.3, 0.4) is 0 Å². The maximum absolute atomic E-state index is 4.08. The van der Waals surface area contributed by atoms with Gasteiger partial charge in [0.05, 0.1) is 9.70 Å². The van der Waals surface area contributed by atoms with E-state index in [2.05, 4.69) is 95.6 Å². The number of alkyl halides is 6. The number of hydrogen-bond acceptors (Lipinski definition) is 0. The molecule has 0 amide bonds. The summed E-state index contributed by atoms with van der Waals surface area (Å²) in [7, 11) is 0. The van der Waals surface area contributed by atoms with Gasteiger partial charge in [-0.15, -0.1) is 0 Å². The van der Waals surface area contributed by atoms with Gasteiger partial charge in [-0.25, -0.2) is 0 Å². The lowest BCUT2D eigenvalue weighted by atomic mass is 9.71. The van der Waals surface area contributed by atoms with Crippen LogP contribution in [0.4, 0.5) is 0 Å². The quantitative estimate of drug-likeness (QED) is 0.263. The van der Waals surface area contributed by atoms with Gasteiger partial charge in [0.2, 0.25) is 0 Å². The Kier molecular flexibility index (Phi) is 2.59. The van der Waals surface area contributed by atoms with Crippen LogP contribution in [-0.2, 0) is 0 Å². The summed E-state index contributed by atoms with van der Waals surface area (Å²) in [6.45, 7) is 0. The molecule has 0 aromatic rings. The molecule has 5 aliphatic carbocycles. The first-order valence-electron chi connectivity index (χ1n) is 6.75. The van der Waals surface area contributed by atoms with E-state index in [1.807, 2.05) is 0 Å². The van der Waals surface area contributed by atoms with Gasteiger partial charge in [-0.3, -0.25) is 0 Å². The maximum Gasteiger partial charge on any atom is 0.0929 e. The number of hydrogen-bond donors (Lipinski definition) is 0. The zero-order valence-electron chi connectivity index (χ0n) is 9.91. The summed E-state index contributed by atoms with van der Waals surface area (Å²) >= 11 is 23.8. The van der Waals surface area contributed by atoms with Gasteiger partial charge in [-0.2, -0.15) is 0 Å². The Morgan fingerprint density at radius 3 is 1.05 bits per heavy atom. The highest BCUT2D eigenvalue weighted by atomic mass is 79.9. The maximum atomic E-state index is 4.08. The van der Waals surface area contributed by atoms with Crippen molar-refractivity contribution >= 4 is 95.6 Å². The first-order chi connectivity index (χ1) is 8.62. The second-order valence-electron chi connectivity index (χ2n) is 7.33. The van der Waals surface area contributed by atoms with Gasteiger partial charge < -0.3 is 0 Å². The molecular weight excluding hydrogens is 636 g/mol. The Balaban J connectivity index is 1.57. The molecule has 0 radical (unpaired) electrons. The predicted octanol–water partition coefficient (Wildman–Crippen LogP) is 6.51. The van der Waals surface area contributed by atoms with Gasteiger partial charge in [0.1, 0.15) is 0 Å². The van der Waals surface area contributed by atoms with E-state index < -0.39 is 0 Å². The van der Waals surface area contributed by atoms with E-state index in [1.165, 1.54) is 25.7 Å². The van der Waals surface area contributed by atoms with Gasteiger partial charge in [0.25, 0.3) is 0 Å². The average Bonchev–Trinajstić information content (AvgIpc) is 3.14. The summed E-state index contributed by atoms with van der Waals surface area (Å²) in [6.07, 6.45) is 5.40. The molecule has 6 heteroatoms. The highest BCUT2D eigenvalue weighted by molar-refractivity contribution is 9.26. The third kappa shape index (κ3) is 1.29. The lowest BCUT2D eigenvalue weighted by molar-refractivity contribution is 0.157. The highest BCUT2D eigenvalue weighted by Crippen LogP contribution is 2.98. The van der Waals surface area contributed by atoms with E-state index in [0.717, 1.165) is 23.7 Å². The van der Waals surface area contributed by atoms with Crippen molar-refractivity contribution in [3.8, 4) is 0 Å². The lowest BCUT2D eigenvalue weighted by Crippen LogP contribution is -2.25. The van der Waals surface area contributed by atoms with Gasteiger partial charge in [-0.1, -0.05) is 95.6 Å². The van der Waals surface area contributed by atoms with Crippen LogP contribution in [0.15, 0.2) is 0 Å². The van der Waals surface area contributed by atoms with Crippen LogP contribution in [0.2, 0.25) is 0 Å². The van der Waals surface area contributed by atoms with Crippen LogP contribution in [0.25, 0.3) is 0 Å². The molecule has 0 saturated heterocycles. The Labute approximate surface area is 163 Å². The topological polar surface area (TPSA) is 0 Å². The van der Waals surface area contributed by atoms with Crippen LogP contribution in [0.5, 0.6) is 0 Å². The molecule has 19 heavy (non-hydrogen) atoms. The molecule has 0 heterocycles. The minimum atomic E-state index is 0.201. The van der Waals surface area contributed by atoms with Crippen molar-refractivity contribution in [2.45, 2.75) is 35.4 Å². The second kappa shape index (κ2) is 3.45. The van der Waals surface area contributed by atoms with Crippen molar-refractivity contribution < 1.29 is 0 Å². The monoisotopic (exact) mass is 642 g/mol. The third-order valence-electron chi connectivity index (χ3n) is 7.06. The summed E-state index contributed by atoms with van der Waals surface area (Å²) in [6, 6.07) is 0. The van der Waals surface area contributed by atoms with Crippen molar-refractivity contribution in [3.05, 3.63) is 0 Å². The predicted molar refractivity (Wildman–Crippen MR) is 99.0 cm³/mol. The smallest absolute Gasteiger partial charge is 0.0721 e. The van der Waals surface area contributed by atoms with Crippen molar-refractivity contribution in [2.24, 2.45) is 34.5 Å². The van der Waals surface area contributed by atoms with Crippen molar-refractivity contribution in [2.75, 3.05) is 0 Å². The molecule has 5 aliphatic rings. The van der Waals surface area contributed by atoms with Crippen LogP contribution >= 0.6 is 95.6 Å². The summed E-state index contributed by atoms with van der Waals surface area (Å²) in [5, 5.41) is 0. The molecule has 0 aromatic carbocycles. The van der Waals surface area contributed by atoms with E-state index in [4.69, 9.17) is 0 Å². The molecule has 0 spiro atoms. The van der Waals surface area contributed by atoms with Crippen LogP contribution in [-0.4, -0.2) is 9.70 Å². The zero-order chi connectivity index (χ0) is 13.6. The number of fused-ring (bicyclic) bond motifs is 2. The Bertz CT molecular complexity index is 437. The molecule has 0 aliphatic heterocycles. The van der Waals surface area contributed by atoms with Gasteiger partial charge >= 0.3 is 0 Å². The Morgan fingerprint density at radius 2 is 0.789 bits per heavy atom. The van der Waals surface area contributed by atoms with Gasteiger partial charge in [0, 0.05) is 10.8 Å². The minimum absolute atomic E-state index is 0.201. The van der Waals surface area contributed by atoms with E-state index in [1.54, 1.807) is 0 Å². The Morgan fingerprint density at radius 1 is 0.526 bits per heavy atom. The average molecular weight is 648 g/mol. The summed E-state index contributed by atoms with van der Waals surface area (Å²) in [5.74, 6) is 3.25. The second-order valence-corrected chi connectivity index (χ2v) is 18.2. The van der Waals surface area contributed by atoms with E-state index in [9.17, 15) is 0 Å². The molecular formula is C13H12Br6. The third-order valence-corrected chi connectivity index (χ3v) is 14.8. The minimum Gasteiger partial charge on any atom is -0.0721 e. The molecule has 106 valence electrons. The zero-order valence-corrected chi connectivity index (χ0v) is 19.4. The standard InChI is InChI=1S/C13H12Br6/c14-11(15)5-1-9-2-7-8(12(7,16)17)4-10(9,3-6(5)11)13(9,18)19/h5-8H,1-4H2/t5-,6-,7+,8+,9?,10?. The molecule has 2 unspecified atom stereocenters. The summed E-state index contributed by atoms with van der Waals surface area (Å²) in [5.41, 5.74) is 0.934. The first-order valence-corrected chi connectivity index (χ1v) is 11.5. The SMILES string of the molecule is BrC1(Br)[C@@H]2CC34C[C@H]5[C@H](CC3(C[C@H]21)C4(Br)Br)C5(Br)Br. The lowest BCUT2D eigenvalue weighted by Gasteiger charge is -2.32. The highest BCUT2D eigenvalue weighted by Gasteiger charge is 2.94. The van der Waals surface area contributed by atoms with E-state index in [0.29, 0.717) is 10.8 Å². The van der Waals surface area contributed by atoms with Crippen molar-refractivity contribution in [3.63, 3.8) is 0 Å². The summed E-state index contributed by atoms with van der Waals surface area (Å²) in [4.78, 5) is 0. The fraction of sp³-hybridized carbons (Fsp3) is 1.00.